The molecule has 0 fully saturated rings. The summed E-state index contributed by atoms with van der Waals surface area (Å²) in [7, 11) is 0. The van der Waals surface area contributed by atoms with Crippen LogP contribution in [-0.2, 0) is 4.79 Å². The Labute approximate surface area is 198 Å². The van der Waals surface area contributed by atoms with Gasteiger partial charge in [0.2, 0.25) is 0 Å². The summed E-state index contributed by atoms with van der Waals surface area (Å²) in [6.45, 7) is 0. The second-order valence-electron chi connectivity index (χ2n) is 7.16. The number of amides is 2. The van der Waals surface area contributed by atoms with Gasteiger partial charge < -0.3 is 5.32 Å². The van der Waals surface area contributed by atoms with E-state index in [-0.39, 0.29) is 22.6 Å². The lowest BCUT2D eigenvalue weighted by molar-refractivity contribution is -0.117. The molecular weight excluding hydrogens is 462 g/mol. The molecule has 0 unspecified atom stereocenters. The van der Waals surface area contributed by atoms with Gasteiger partial charge in [0.1, 0.15) is 23.4 Å². The molecule has 1 heterocycles. The van der Waals surface area contributed by atoms with Crippen molar-refractivity contribution in [1.82, 2.24) is 9.97 Å². The van der Waals surface area contributed by atoms with Crippen molar-refractivity contribution in [2.45, 2.75) is 6.04 Å². The molecular formula is C25H17ClF2N4O2. The van der Waals surface area contributed by atoms with Crippen molar-refractivity contribution in [3.63, 3.8) is 0 Å². The molecule has 0 aliphatic carbocycles. The van der Waals surface area contributed by atoms with Gasteiger partial charge in [-0.2, -0.15) is 0 Å². The van der Waals surface area contributed by atoms with E-state index >= 15 is 0 Å². The maximum atomic E-state index is 15.0. The van der Waals surface area contributed by atoms with E-state index in [0.717, 1.165) is 4.90 Å². The van der Waals surface area contributed by atoms with Crippen LogP contribution >= 0.6 is 11.6 Å². The minimum absolute atomic E-state index is 0.0469. The summed E-state index contributed by atoms with van der Waals surface area (Å²) in [6.07, 6.45) is 3.99. The summed E-state index contributed by atoms with van der Waals surface area (Å²) in [4.78, 5) is 36.2. The highest BCUT2D eigenvalue weighted by Gasteiger charge is 2.35. The van der Waals surface area contributed by atoms with Gasteiger partial charge in [-0.05, 0) is 54.6 Å². The molecule has 4 rings (SSSR count). The Morgan fingerprint density at radius 2 is 1.62 bits per heavy atom. The lowest BCUT2D eigenvalue weighted by Crippen LogP contribution is -2.42. The normalized spacial score (nSPS) is 11.5. The van der Waals surface area contributed by atoms with Gasteiger partial charge in [0.25, 0.3) is 11.8 Å². The molecule has 9 heteroatoms. The van der Waals surface area contributed by atoms with Crippen LogP contribution in [0.15, 0.2) is 91.4 Å². The van der Waals surface area contributed by atoms with E-state index in [2.05, 4.69) is 15.3 Å². The Morgan fingerprint density at radius 1 is 0.912 bits per heavy atom. The molecule has 0 radical (unpaired) electrons. The standard InChI is InChI=1S/C25H17ClF2N4O2/c26-16-5-11-19(12-6-16)32(25(34)22-15-29-13-14-30-22)23(20-3-1-2-4-21(20)28)24(33)31-18-9-7-17(27)8-10-18/h1-15,23H,(H,31,33)/t23-/m0/s1. The van der Waals surface area contributed by atoms with Crippen LogP contribution < -0.4 is 10.2 Å². The third-order valence-electron chi connectivity index (χ3n) is 4.92. The van der Waals surface area contributed by atoms with E-state index in [1.807, 2.05) is 0 Å². The van der Waals surface area contributed by atoms with Crippen molar-refractivity contribution in [3.05, 3.63) is 119 Å². The van der Waals surface area contributed by atoms with E-state index in [1.54, 1.807) is 18.2 Å². The molecule has 0 saturated carbocycles. The number of anilines is 2. The monoisotopic (exact) mass is 478 g/mol. The van der Waals surface area contributed by atoms with Crippen LogP contribution in [0, 0.1) is 11.6 Å². The van der Waals surface area contributed by atoms with Crippen LogP contribution in [-0.4, -0.2) is 21.8 Å². The fourth-order valence-electron chi connectivity index (χ4n) is 3.36. The molecule has 0 aliphatic rings. The number of nitrogens with one attached hydrogen (secondary N) is 1. The maximum absolute atomic E-state index is 15.0. The predicted molar refractivity (Wildman–Crippen MR) is 124 cm³/mol. The first-order chi connectivity index (χ1) is 16.4. The quantitative estimate of drug-likeness (QED) is 0.400. The Balaban J connectivity index is 1.85. The van der Waals surface area contributed by atoms with E-state index in [1.165, 1.54) is 73.2 Å². The minimum Gasteiger partial charge on any atom is -0.324 e. The van der Waals surface area contributed by atoms with E-state index in [0.29, 0.717) is 5.02 Å². The van der Waals surface area contributed by atoms with Crippen molar-refractivity contribution in [1.29, 1.82) is 0 Å². The van der Waals surface area contributed by atoms with Crippen molar-refractivity contribution in [2.75, 3.05) is 10.2 Å². The number of aromatic nitrogens is 2. The van der Waals surface area contributed by atoms with Gasteiger partial charge in [-0.25, -0.2) is 13.8 Å². The third kappa shape index (κ3) is 5.07. The molecule has 3 aromatic carbocycles. The topological polar surface area (TPSA) is 75.2 Å². The van der Waals surface area contributed by atoms with Crippen LogP contribution in [0.5, 0.6) is 0 Å². The first-order valence-electron chi connectivity index (χ1n) is 10.1. The van der Waals surface area contributed by atoms with Crippen LogP contribution in [0.3, 0.4) is 0 Å². The average molecular weight is 479 g/mol. The minimum atomic E-state index is -1.44. The Kier molecular flexibility index (Phi) is 6.89. The predicted octanol–water partition coefficient (Wildman–Crippen LogP) is 5.44. The maximum Gasteiger partial charge on any atom is 0.279 e. The number of hydrogen-bond donors (Lipinski definition) is 1. The molecule has 4 aromatic rings. The van der Waals surface area contributed by atoms with Gasteiger partial charge in [-0.1, -0.05) is 29.8 Å². The largest absolute Gasteiger partial charge is 0.324 e. The molecule has 1 atom stereocenters. The summed E-state index contributed by atoms with van der Waals surface area (Å²) >= 11 is 6.02. The van der Waals surface area contributed by atoms with Gasteiger partial charge in [0.05, 0.1) is 6.20 Å². The SMILES string of the molecule is O=C(Nc1ccc(F)cc1)[C@H](c1ccccc1F)N(C(=O)c1cnccn1)c1ccc(Cl)cc1. The van der Waals surface area contributed by atoms with Gasteiger partial charge in [0.15, 0.2) is 0 Å². The smallest absolute Gasteiger partial charge is 0.279 e. The van der Waals surface area contributed by atoms with Crippen molar-refractivity contribution in [2.24, 2.45) is 0 Å². The number of benzene rings is 3. The Morgan fingerprint density at radius 3 is 2.26 bits per heavy atom. The first-order valence-corrected chi connectivity index (χ1v) is 10.5. The summed E-state index contributed by atoms with van der Waals surface area (Å²) < 4.78 is 28.3. The fourth-order valence-corrected chi connectivity index (χ4v) is 3.48. The highest BCUT2D eigenvalue weighted by atomic mass is 35.5. The Bertz CT molecular complexity index is 1300. The number of carbonyl (C=O) groups excluding carboxylic acids is 2. The average Bonchev–Trinajstić information content (AvgIpc) is 2.85. The summed E-state index contributed by atoms with van der Waals surface area (Å²) in [5, 5.41) is 3.05. The highest BCUT2D eigenvalue weighted by molar-refractivity contribution is 6.30. The lowest BCUT2D eigenvalue weighted by Gasteiger charge is -2.31. The van der Waals surface area contributed by atoms with E-state index in [9.17, 15) is 18.4 Å². The van der Waals surface area contributed by atoms with Crippen molar-refractivity contribution >= 4 is 34.8 Å². The number of hydrogen-bond acceptors (Lipinski definition) is 4. The van der Waals surface area contributed by atoms with Gasteiger partial charge in [-0.15, -0.1) is 0 Å². The van der Waals surface area contributed by atoms with Gasteiger partial charge in [0, 0.05) is 34.4 Å². The number of nitrogens with zero attached hydrogens (tertiary/aromatic N) is 3. The summed E-state index contributed by atoms with van der Waals surface area (Å²) in [6, 6.07) is 15.4. The fraction of sp³-hybridized carbons (Fsp3) is 0.0400. The molecule has 34 heavy (non-hydrogen) atoms. The van der Waals surface area contributed by atoms with Crippen LogP contribution in [0.2, 0.25) is 5.02 Å². The number of rotatable bonds is 6. The molecule has 170 valence electrons. The third-order valence-corrected chi connectivity index (χ3v) is 5.18. The second-order valence-corrected chi connectivity index (χ2v) is 7.60. The highest BCUT2D eigenvalue weighted by Crippen LogP contribution is 2.32. The van der Waals surface area contributed by atoms with E-state index < -0.39 is 29.5 Å². The first kappa shape index (κ1) is 23.0. The van der Waals surface area contributed by atoms with Crippen LogP contribution in [0.1, 0.15) is 22.1 Å². The van der Waals surface area contributed by atoms with Gasteiger partial charge in [-0.3, -0.25) is 19.5 Å². The Hall–Kier alpha value is -4.17. The molecule has 0 aliphatic heterocycles. The molecule has 0 saturated heterocycles. The summed E-state index contributed by atoms with van der Waals surface area (Å²) in [5.74, 6) is -2.57. The molecule has 6 nitrogen and oxygen atoms in total. The molecule has 1 aromatic heterocycles. The molecule has 0 spiro atoms. The van der Waals surface area contributed by atoms with Crippen molar-refractivity contribution in [3.8, 4) is 0 Å². The zero-order valence-electron chi connectivity index (χ0n) is 17.5. The van der Waals surface area contributed by atoms with Crippen LogP contribution in [0.25, 0.3) is 0 Å². The molecule has 1 N–H and O–H groups in total. The van der Waals surface area contributed by atoms with E-state index in [4.69, 9.17) is 11.6 Å². The van der Waals surface area contributed by atoms with Crippen LogP contribution in [0.4, 0.5) is 20.2 Å². The zero-order chi connectivity index (χ0) is 24.1. The molecule has 0 bridgehead atoms. The molecule has 2 amide bonds. The number of halogens is 3. The lowest BCUT2D eigenvalue weighted by atomic mass is 10.0. The zero-order valence-corrected chi connectivity index (χ0v) is 18.3. The van der Waals surface area contributed by atoms with Gasteiger partial charge >= 0.3 is 0 Å². The number of carbonyl (C=O) groups is 2. The summed E-state index contributed by atoms with van der Waals surface area (Å²) in [5.41, 5.74) is 0.459. The van der Waals surface area contributed by atoms with Crippen molar-refractivity contribution < 1.29 is 18.4 Å². The second kappa shape index (κ2) is 10.2.